The highest BCUT2D eigenvalue weighted by Gasteiger charge is 2.44. The molecule has 6 nitrogen and oxygen atoms in total. The van der Waals surface area contributed by atoms with Gasteiger partial charge in [0.2, 0.25) is 15.9 Å². The number of likely N-dealkylation sites (tertiary alicyclic amines) is 1. The van der Waals surface area contributed by atoms with Crippen molar-refractivity contribution >= 4 is 15.9 Å². The predicted octanol–water partition coefficient (Wildman–Crippen LogP) is 4.74. The van der Waals surface area contributed by atoms with Gasteiger partial charge in [-0.15, -0.1) is 0 Å². The summed E-state index contributed by atoms with van der Waals surface area (Å²) in [6.45, 7) is 2.93. The van der Waals surface area contributed by atoms with Crippen LogP contribution in [0.4, 0.5) is 22.0 Å². The number of carbonyl (C=O) groups excluding carboxylic acids is 1. The van der Waals surface area contributed by atoms with Gasteiger partial charge in [-0.05, 0) is 74.0 Å². The number of hydrogen-bond acceptors (Lipinski definition) is 4. The molecule has 2 aliphatic rings. The molecule has 1 aliphatic heterocycles. The first-order chi connectivity index (χ1) is 17.9. The quantitative estimate of drug-likeness (QED) is 0.458. The molecule has 0 bridgehead atoms. The van der Waals surface area contributed by atoms with Gasteiger partial charge in [0.05, 0.1) is 17.4 Å². The van der Waals surface area contributed by atoms with Crippen LogP contribution in [0, 0.1) is 11.6 Å². The molecule has 208 valence electrons. The number of piperidine rings is 1. The first-order valence-corrected chi connectivity index (χ1v) is 14.1. The highest BCUT2D eigenvalue weighted by Crippen LogP contribution is 2.32. The molecule has 2 N–H and O–H groups in total. The molecule has 2 aromatic rings. The van der Waals surface area contributed by atoms with Gasteiger partial charge >= 0.3 is 6.18 Å². The van der Waals surface area contributed by atoms with Crippen molar-refractivity contribution in [2.45, 2.75) is 74.6 Å². The molecule has 4 rings (SSSR count). The molecule has 38 heavy (non-hydrogen) atoms. The number of benzene rings is 2. The van der Waals surface area contributed by atoms with E-state index in [2.05, 4.69) is 16.3 Å². The molecule has 1 amide bonds. The first kappa shape index (κ1) is 28.4. The molecule has 1 heterocycles. The van der Waals surface area contributed by atoms with Crippen molar-refractivity contribution < 1.29 is 35.2 Å². The average Bonchev–Trinajstić information content (AvgIpc) is 2.83. The molecule has 0 saturated carbocycles. The van der Waals surface area contributed by atoms with Crippen LogP contribution in [0.1, 0.15) is 61.3 Å². The van der Waals surface area contributed by atoms with Crippen LogP contribution in [-0.2, 0) is 27.8 Å². The van der Waals surface area contributed by atoms with Gasteiger partial charge in [-0.1, -0.05) is 24.6 Å². The number of hydrogen-bond donors (Lipinski definition) is 2. The van der Waals surface area contributed by atoms with Gasteiger partial charge in [0.25, 0.3) is 0 Å². The number of rotatable bonds is 8. The first-order valence-electron chi connectivity index (χ1n) is 12.6. The fraction of sp³-hybridized carbons (Fsp3) is 0.500. The monoisotopic (exact) mass is 559 g/mol. The maximum absolute atomic E-state index is 13.7. The molecule has 0 aromatic heterocycles. The van der Waals surface area contributed by atoms with Crippen molar-refractivity contribution in [2.75, 3.05) is 13.1 Å². The smallest absolute Gasteiger partial charge is 0.349 e. The van der Waals surface area contributed by atoms with Crippen molar-refractivity contribution in [1.29, 1.82) is 0 Å². The lowest BCUT2D eigenvalue weighted by atomic mass is 9.86. The Kier molecular flexibility index (Phi) is 8.73. The molecular weight excluding hydrogens is 529 g/mol. The van der Waals surface area contributed by atoms with Crippen LogP contribution < -0.4 is 10.0 Å². The SMILES string of the molecule is O=C(C[C@@H](NS(=O)(=O)c1cc(F)cc(F)c1)C(F)(F)F)N[C@@H]1CCCc2cc(CN3CCCCC3)ccc21. The lowest BCUT2D eigenvalue weighted by Gasteiger charge is -2.30. The van der Waals surface area contributed by atoms with Gasteiger partial charge in [-0.2, -0.15) is 17.9 Å². The van der Waals surface area contributed by atoms with Gasteiger partial charge in [0.1, 0.15) is 17.7 Å². The minimum atomic E-state index is -5.12. The summed E-state index contributed by atoms with van der Waals surface area (Å²) in [5.41, 5.74) is 3.03. The summed E-state index contributed by atoms with van der Waals surface area (Å²) in [6, 6.07) is 3.88. The molecule has 1 saturated heterocycles. The summed E-state index contributed by atoms with van der Waals surface area (Å²) >= 11 is 0. The van der Waals surface area contributed by atoms with Crippen molar-refractivity contribution in [3.8, 4) is 0 Å². The third-order valence-electron chi connectivity index (χ3n) is 6.94. The summed E-state index contributed by atoms with van der Waals surface area (Å²) in [4.78, 5) is 14.1. The van der Waals surface area contributed by atoms with E-state index in [4.69, 9.17) is 0 Å². The molecule has 0 radical (unpaired) electrons. The highest BCUT2D eigenvalue weighted by atomic mass is 32.2. The maximum atomic E-state index is 13.7. The Hall–Kier alpha value is -2.57. The molecule has 0 unspecified atom stereocenters. The summed E-state index contributed by atoms with van der Waals surface area (Å²) in [7, 11) is -4.97. The summed E-state index contributed by atoms with van der Waals surface area (Å²) in [5.74, 6) is -3.51. The number of halogens is 5. The van der Waals surface area contributed by atoms with Crippen molar-refractivity contribution in [1.82, 2.24) is 14.9 Å². The van der Waals surface area contributed by atoms with Crippen LogP contribution in [-0.4, -0.2) is 44.5 Å². The molecule has 0 spiro atoms. The van der Waals surface area contributed by atoms with Gasteiger partial charge < -0.3 is 5.32 Å². The molecule has 1 aliphatic carbocycles. The number of nitrogens with one attached hydrogen (secondary N) is 2. The van der Waals surface area contributed by atoms with Crippen LogP contribution in [0.15, 0.2) is 41.3 Å². The van der Waals surface area contributed by atoms with Gasteiger partial charge in [0, 0.05) is 12.6 Å². The van der Waals surface area contributed by atoms with Crippen LogP contribution in [0.5, 0.6) is 0 Å². The molecule has 1 fully saturated rings. The maximum Gasteiger partial charge on any atom is 0.405 e. The second kappa shape index (κ2) is 11.7. The average molecular weight is 560 g/mol. The fourth-order valence-electron chi connectivity index (χ4n) is 5.09. The predicted molar refractivity (Wildman–Crippen MR) is 131 cm³/mol. The summed E-state index contributed by atoms with van der Waals surface area (Å²) in [5, 5.41) is 2.62. The standard InChI is InChI=1S/C26H30F5N3O3S/c27-19-12-20(28)14-21(13-19)38(36,37)33-24(26(29,30)31)15-25(35)32-23-6-4-5-18-11-17(7-8-22(18)23)16-34-9-2-1-3-10-34/h7-8,11-14,23-24,33H,1-6,9-10,15-16H2,(H,32,35)/t23-,24-/m1/s1. The minimum Gasteiger partial charge on any atom is -0.349 e. The number of amides is 1. The second-order valence-corrected chi connectivity index (χ2v) is 11.6. The van der Waals surface area contributed by atoms with E-state index in [9.17, 15) is 35.2 Å². The van der Waals surface area contributed by atoms with Crippen molar-refractivity contribution in [2.24, 2.45) is 0 Å². The van der Waals surface area contributed by atoms with Crippen molar-refractivity contribution in [3.63, 3.8) is 0 Å². The number of alkyl halides is 3. The summed E-state index contributed by atoms with van der Waals surface area (Å²) < 4.78 is 94.2. The Morgan fingerprint density at radius 1 is 1.00 bits per heavy atom. The number of aryl methyl sites for hydroxylation is 1. The fourth-order valence-corrected chi connectivity index (χ4v) is 6.36. The zero-order valence-electron chi connectivity index (χ0n) is 20.7. The Labute approximate surface area is 218 Å². The van der Waals surface area contributed by atoms with Gasteiger partial charge in [0.15, 0.2) is 0 Å². The Morgan fingerprint density at radius 3 is 2.34 bits per heavy atom. The van der Waals surface area contributed by atoms with E-state index in [1.54, 1.807) is 0 Å². The largest absolute Gasteiger partial charge is 0.405 e. The Balaban J connectivity index is 1.44. The van der Waals surface area contributed by atoms with Gasteiger partial charge in [-0.25, -0.2) is 17.2 Å². The second-order valence-electron chi connectivity index (χ2n) is 9.91. The molecular formula is C26H30F5N3O3S. The van der Waals surface area contributed by atoms with Crippen LogP contribution in [0.2, 0.25) is 0 Å². The van der Waals surface area contributed by atoms with Gasteiger partial charge in [-0.3, -0.25) is 9.69 Å². The van der Waals surface area contributed by atoms with Crippen LogP contribution in [0.3, 0.4) is 0 Å². The van der Waals surface area contributed by atoms with E-state index >= 15 is 0 Å². The summed E-state index contributed by atoms with van der Waals surface area (Å²) in [6.07, 6.45) is -0.683. The van der Waals surface area contributed by atoms with E-state index in [1.807, 2.05) is 12.1 Å². The van der Waals surface area contributed by atoms with Crippen LogP contribution >= 0.6 is 0 Å². The number of nitrogens with zero attached hydrogens (tertiary/aromatic N) is 1. The normalized spacial score (nSPS) is 19.6. The number of fused-ring (bicyclic) bond motifs is 1. The zero-order chi connectivity index (χ0) is 27.5. The van der Waals surface area contributed by atoms with E-state index in [0.29, 0.717) is 24.6 Å². The zero-order valence-corrected chi connectivity index (χ0v) is 21.5. The van der Waals surface area contributed by atoms with E-state index in [-0.39, 0.29) is 0 Å². The third kappa shape index (κ3) is 7.29. The van der Waals surface area contributed by atoms with E-state index < -0.39 is 57.1 Å². The van der Waals surface area contributed by atoms with E-state index in [1.165, 1.54) is 24.0 Å². The third-order valence-corrected chi connectivity index (χ3v) is 8.39. The number of sulfonamides is 1. The lowest BCUT2D eigenvalue weighted by molar-refractivity contribution is -0.158. The van der Waals surface area contributed by atoms with E-state index in [0.717, 1.165) is 49.2 Å². The minimum absolute atomic E-state index is 0.395. The van der Waals surface area contributed by atoms with Crippen LogP contribution in [0.25, 0.3) is 0 Å². The lowest BCUT2D eigenvalue weighted by Crippen LogP contribution is -2.48. The Bertz CT molecular complexity index is 1240. The molecule has 2 atom stereocenters. The Morgan fingerprint density at radius 2 is 1.68 bits per heavy atom. The number of carbonyl (C=O) groups is 1. The molecule has 12 heteroatoms. The highest BCUT2D eigenvalue weighted by molar-refractivity contribution is 7.89. The van der Waals surface area contributed by atoms with Crippen molar-refractivity contribution in [3.05, 3.63) is 64.7 Å². The topological polar surface area (TPSA) is 78.5 Å². The molecule has 2 aromatic carbocycles.